The van der Waals surface area contributed by atoms with Gasteiger partial charge in [0.2, 0.25) is 0 Å². The molecule has 3 heteroatoms. The standard InChI is InChI=1S/C13H21NOS/c1-3-14-8-12-4-6-13(7-5-12)16-10-11(2)9-15/h4-7,11,14-15H,3,8-10H2,1-2H3. The summed E-state index contributed by atoms with van der Waals surface area (Å²) in [4.78, 5) is 1.28. The van der Waals surface area contributed by atoms with Gasteiger partial charge in [0.25, 0.3) is 0 Å². The molecule has 1 aromatic rings. The summed E-state index contributed by atoms with van der Waals surface area (Å²) in [5, 5.41) is 12.2. The molecule has 90 valence electrons. The first-order chi connectivity index (χ1) is 7.76. The van der Waals surface area contributed by atoms with Gasteiger partial charge in [-0.1, -0.05) is 26.0 Å². The highest BCUT2D eigenvalue weighted by Crippen LogP contribution is 2.20. The molecule has 0 radical (unpaired) electrons. The molecule has 0 spiro atoms. The minimum absolute atomic E-state index is 0.269. The normalized spacial score (nSPS) is 12.7. The van der Waals surface area contributed by atoms with Crippen LogP contribution in [0, 0.1) is 5.92 Å². The number of thioether (sulfide) groups is 1. The van der Waals surface area contributed by atoms with Crippen molar-refractivity contribution in [3.63, 3.8) is 0 Å². The SMILES string of the molecule is CCNCc1ccc(SCC(C)CO)cc1. The molecule has 0 aliphatic rings. The zero-order chi connectivity index (χ0) is 11.8. The summed E-state index contributed by atoms with van der Waals surface area (Å²) < 4.78 is 0. The van der Waals surface area contributed by atoms with Crippen LogP contribution >= 0.6 is 11.8 Å². The predicted octanol–water partition coefficient (Wildman–Crippen LogP) is 2.52. The number of nitrogens with one attached hydrogen (secondary N) is 1. The maximum atomic E-state index is 8.93. The van der Waals surface area contributed by atoms with Gasteiger partial charge >= 0.3 is 0 Å². The molecule has 0 fully saturated rings. The molecule has 0 aromatic heterocycles. The van der Waals surface area contributed by atoms with Crippen molar-refractivity contribution in [3.05, 3.63) is 29.8 Å². The van der Waals surface area contributed by atoms with Crippen molar-refractivity contribution in [2.24, 2.45) is 5.92 Å². The van der Waals surface area contributed by atoms with Crippen molar-refractivity contribution in [2.45, 2.75) is 25.3 Å². The van der Waals surface area contributed by atoms with E-state index in [0.717, 1.165) is 18.8 Å². The van der Waals surface area contributed by atoms with Crippen molar-refractivity contribution in [2.75, 3.05) is 18.9 Å². The van der Waals surface area contributed by atoms with Crippen molar-refractivity contribution in [1.29, 1.82) is 0 Å². The third-order valence-corrected chi connectivity index (χ3v) is 3.69. The molecule has 0 amide bonds. The summed E-state index contributed by atoms with van der Waals surface area (Å²) in [6.07, 6.45) is 0. The Hall–Kier alpha value is -0.510. The second-order valence-electron chi connectivity index (χ2n) is 4.02. The van der Waals surface area contributed by atoms with Gasteiger partial charge in [0.1, 0.15) is 0 Å². The third-order valence-electron chi connectivity index (χ3n) is 2.35. The molecule has 2 nitrogen and oxygen atoms in total. The Morgan fingerprint density at radius 1 is 1.31 bits per heavy atom. The van der Waals surface area contributed by atoms with E-state index in [1.165, 1.54) is 10.5 Å². The van der Waals surface area contributed by atoms with Crippen LogP contribution < -0.4 is 5.32 Å². The van der Waals surface area contributed by atoms with Crippen LogP contribution in [0.3, 0.4) is 0 Å². The van der Waals surface area contributed by atoms with E-state index < -0.39 is 0 Å². The molecule has 0 saturated carbocycles. The van der Waals surface area contributed by atoms with E-state index in [0.29, 0.717) is 5.92 Å². The van der Waals surface area contributed by atoms with Crippen LogP contribution in [0.5, 0.6) is 0 Å². The molecule has 1 unspecified atom stereocenters. The molecule has 0 bridgehead atoms. The topological polar surface area (TPSA) is 32.3 Å². The lowest BCUT2D eigenvalue weighted by Gasteiger charge is -2.08. The Balaban J connectivity index is 2.38. The van der Waals surface area contributed by atoms with E-state index >= 15 is 0 Å². The van der Waals surface area contributed by atoms with Crippen molar-refractivity contribution in [1.82, 2.24) is 5.32 Å². The van der Waals surface area contributed by atoms with Crippen molar-refractivity contribution < 1.29 is 5.11 Å². The molecule has 1 aromatic carbocycles. The van der Waals surface area contributed by atoms with Crippen LogP contribution in [-0.4, -0.2) is 24.0 Å². The van der Waals surface area contributed by atoms with Gasteiger partial charge in [-0.25, -0.2) is 0 Å². The van der Waals surface area contributed by atoms with E-state index in [1.54, 1.807) is 11.8 Å². The monoisotopic (exact) mass is 239 g/mol. The maximum absolute atomic E-state index is 8.93. The smallest absolute Gasteiger partial charge is 0.0464 e. The van der Waals surface area contributed by atoms with Crippen molar-refractivity contribution >= 4 is 11.8 Å². The van der Waals surface area contributed by atoms with Crippen LogP contribution in [-0.2, 0) is 6.54 Å². The zero-order valence-electron chi connectivity index (χ0n) is 10.1. The second kappa shape index (κ2) is 7.71. The largest absolute Gasteiger partial charge is 0.396 e. The zero-order valence-corrected chi connectivity index (χ0v) is 10.9. The number of hydrogen-bond acceptors (Lipinski definition) is 3. The van der Waals surface area contributed by atoms with Crippen LogP contribution in [0.2, 0.25) is 0 Å². The summed E-state index contributed by atoms with van der Waals surface area (Å²) in [5.41, 5.74) is 1.32. The summed E-state index contributed by atoms with van der Waals surface area (Å²) in [5.74, 6) is 1.34. The molecular formula is C13H21NOS. The lowest BCUT2D eigenvalue weighted by molar-refractivity contribution is 0.250. The highest BCUT2D eigenvalue weighted by Gasteiger charge is 2.01. The maximum Gasteiger partial charge on any atom is 0.0464 e. The summed E-state index contributed by atoms with van der Waals surface area (Å²) >= 11 is 1.81. The first kappa shape index (κ1) is 13.6. The fourth-order valence-corrected chi connectivity index (χ4v) is 2.17. The van der Waals surface area contributed by atoms with Gasteiger partial charge in [-0.15, -0.1) is 11.8 Å². The van der Waals surface area contributed by atoms with E-state index in [1.807, 2.05) is 0 Å². The van der Waals surface area contributed by atoms with E-state index in [2.05, 4.69) is 43.4 Å². The van der Waals surface area contributed by atoms with Gasteiger partial charge in [-0.05, 0) is 30.2 Å². The van der Waals surface area contributed by atoms with Gasteiger partial charge in [0.05, 0.1) is 0 Å². The summed E-state index contributed by atoms with van der Waals surface area (Å²) in [7, 11) is 0. The Kier molecular flexibility index (Phi) is 6.53. The fourth-order valence-electron chi connectivity index (χ4n) is 1.26. The number of benzene rings is 1. The van der Waals surface area contributed by atoms with Gasteiger partial charge in [-0.2, -0.15) is 0 Å². The highest BCUT2D eigenvalue weighted by molar-refractivity contribution is 7.99. The summed E-state index contributed by atoms with van der Waals surface area (Å²) in [6, 6.07) is 8.63. The quantitative estimate of drug-likeness (QED) is 0.717. The molecule has 0 saturated heterocycles. The lowest BCUT2D eigenvalue weighted by Crippen LogP contribution is -2.11. The van der Waals surface area contributed by atoms with Crippen LogP contribution in [0.15, 0.2) is 29.2 Å². The second-order valence-corrected chi connectivity index (χ2v) is 5.12. The Morgan fingerprint density at radius 2 is 2.00 bits per heavy atom. The number of aliphatic hydroxyl groups is 1. The molecular weight excluding hydrogens is 218 g/mol. The molecule has 1 rings (SSSR count). The van der Waals surface area contributed by atoms with Gasteiger partial charge < -0.3 is 10.4 Å². The molecule has 0 heterocycles. The summed E-state index contributed by atoms with van der Waals surface area (Å²) in [6.45, 7) is 6.39. The first-order valence-electron chi connectivity index (χ1n) is 5.79. The number of rotatable bonds is 7. The highest BCUT2D eigenvalue weighted by atomic mass is 32.2. The van der Waals surface area contributed by atoms with E-state index in [9.17, 15) is 0 Å². The minimum atomic E-state index is 0.269. The van der Waals surface area contributed by atoms with Gasteiger partial charge in [0.15, 0.2) is 0 Å². The molecule has 16 heavy (non-hydrogen) atoms. The van der Waals surface area contributed by atoms with E-state index in [-0.39, 0.29) is 6.61 Å². The Morgan fingerprint density at radius 3 is 2.56 bits per heavy atom. The predicted molar refractivity (Wildman–Crippen MR) is 70.8 cm³/mol. The van der Waals surface area contributed by atoms with Gasteiger partial charge in [0, 0.05) is 23.8 Å². The lowest BCUT2D eigenvalue weighted by atomic mass is 10.2. The third kappa shape index (κ3) is 5.01. The van der Waals surface area contributed by atoms with E-state index in [4.69, 9.17) is 5.11 Å². The Labute approximate surface area is 102 Å². The molecule has 0 aliphatic heterocycles. The van der Waals surface area contributed by atoms with Gasteiger partial charge in [-0.3, -0.25) is 0 Å². The first-order valence-corrected chi connectivity index (χ1v) is 6.78. The average molecular weight is 239 g/mol. The molecule has 1 atom stereocenters. The van der Waals surface area contributed by atoms with Crippen LogP contribution in [0.1, 0.15) is 19.4 Å². The number of aliphatic hydroxyl groups excluding tert-OH is 1. The van der Waals surface area contributed by atoms with Crippen LogP contribution in [0.25, 0.3) is 0 Å². The Bertz CT molecular complexity index is 286. The average Bonchev–Trinajstić information content (AvgIpc) is 2.34. The molecule has 2 N–H and O–H groups in total. The van der Waals surface area contributed by atoms with Crippen LogP contribution in [0.4, 0.5) is 0 Å². The minimum Gasteiger partial charge on any atom is -0.396 e. The fraction of sp³-hybridized carbons (Fsp3) is 0.538. The van der Waals surface area contributed by atoms with Crippen molar-refractivity contribution in [3.8, 4) is 0 Å². The number of hydrogen-bond donors (Lipinski definition) is 2. The molecule has 0 aliphatic carbocycles.